The number of carbonyl (C=O) groups is 1. The van der Waals surface area contributed by atoms with Gasteiger partial charge in [-0.05, 0) is 18.2 Å². The van der Waals surface area contributed by atoms with Crippen molar-refractivity contribution in [2.45, 2.75) is 12.4 Å². The first kappa shape index (κ1) is 21.9. The summed E-state index contributed by atoms with van der Waals surface area (Å²) in [5.74, 6) is -1.45. The molecule has 0 atom stereocenters. The highest BCUT2D eigenvalue weighted by Gasteiger charge is 2.37. The van der Waals surface area contributed by atoms with Crippen molar-refractivity contribution < 1.29 is 36.3 Å². The molecule has 14 heteroatoms. The second kappa shape index (κ2) is 8.14. The Hall–Kier alpha value is -3.81. The summed E-state index contributed by atoms with van der Waals surface area (Å²) in [4.78, 5) is 23.0. The van der Waals surface area contributed by atoms with Crippen LogP contribution in [0.15, 0.2) is 43.2 Å². The molecule has 0 saturated heterocycles. The van der Waals surface area contributed by atoms with Crippen LogP contribution in [0.5, 0.6) is 0 Å². The number of rotatable bonds is 4. The molecule has 3 rings (SSSR count). The number of nitrogens with one attached hydrogen (secondary N) is 1. The summed E-state index contributed by atoms with van der Waals surface area (Å²) in [5.41, 5.74) is -2.25. The van der Waals surface area contributed by atoms with Crippen LogP contribution in [0.3, 0.4) is 0 Å². The highest BCUT2D eigenvalue weighted by molar-refractivity contribution is 6.22. The van der Waals surface area contributed by atoms with Crippen molar-refractivity contribution >= 4 is 17.7 Å². The van der Waals surface area contributed by atoms with E-state index in [9.17, 15) is 31.1 Å². The zero-order valence-electron chi connectivity index (χ0n) is 15.0. The van der Waals surface area contributed by atoms with Crippen LogP contribution in [0.2, 0.25) is 0 Å². The molecule has 0 spiro atoms. The van der Waals surface area contributed by atoms with Gasteiger partial charge >= 0.3 is 12.4 Å². The fourth-order valence-electron chi connectivity index (χ4n) is 2.45. The molecule has 8 nitrogen and oxygen atoms in total. The molecule has 0 unspecified atom stereocenters. The van der Waals surface area contributed by atoms with Crippen LogP contribution in [0, 0.1) is 0 Å². The number of halogens is 6. The Bertz CT molecular complexity index is 1090. The summed E-state index contributed by atoms with van der Waals surface area (Å²) in [6.45, 7) is 0. The van der Waals surface area contributed by atoms with E-state index in [1.807, 2.05) is 0 Å². The molecule has 2 heterocycles. The van der Waals surface area contributed by atoms with Crippen LogP contribution in [-0.2, 0) is 17.1 Å². The molecule has 0 saturated carbocycles. The Morgan fingerprint density at radius 1 is 1.00 bits per heavy atom. The van der Waals surface area contributed by atoms with Gasteiger partial charge in [0.05, 0.1) is 16.7 Å². The Balaban J connectivity index is 2.07. The van der Waals surface area contributed by atoms with Crippen molar-refractivity contribution in [3.63, 3.8) is 0 Å². The number of nitrogens with zero attached hydrogens (tertiary/aromatic N) is 5. The fraction of sp³-hybridized carbons (Fsp3) is 0.118. The van der Waals surface area contributed by atoms with E-state index in [0.29, 0.717) is 12.1 Å². The van der Waals surface area contributed by atoms with Crippen molar-refractivity contribution in [1.29, 1.82) is 0 Å². The molecule has 0 aliphatic rings. The lowest BCUT2D eigenvalue weighted by Gasteiger charge is -2.13. The zero-order valence-corrected chi connectivity index (χ0v) is 15.0. The summed E-state index contributed by atoms with van der Waals surface area (Å²) in [6, 6.07) is 0.940. The first-order chi connectivity index (χ1) is 14.5. The lowest BCUT2D eigenvalue weighted by molar-refractivity contribution is -0.143. The Labute approximate surface area is 168 Å². The maximum absolute atomic E-state index is 13.0. The van der Waals surface area contributed by atoms with E-state index in [2.05, 4.69) is 20.1 Å². The van der Waals surface area contributed by atoms with Crippen LogP contribution >= 0.6 is 0 Å². The van der Waals surface area contributed by atoms with Gasteiger partial charge in [-0.3, -0.25) is 10.0 Å². The lowest BCUT2D eigenvalue weighted by Crippen LogP contribution is -2.20. The molecule has 2 N–H and O–H groups in total. The van der Waals surface area contributed by atoms with Gasteiger partial charge in [0.15, 0.2) is 5.82 Å². The molecular weight excluding hydrogens is 434 g/mol. The van der Waals surface area contributed by atoms with Crippen molar-refractivity contribution in [2.24, 2.45) is 0 Å². The first-order valence-corrected chi connectivity index (χ1v) is 8.11. The third kappa shape index (κ3) is 5.03. The van der Waals surface area contributed by atoms with E-state index in [1.165, 1.54) is 24.2 Å². The fourth-order valence-corrected chi connectivity index (χ4v) is 2.45. The van der Waals surface area contributed by atoms with Crippen LogP contribution in [0.4, 0.5) is 26.3 Å². The second-order valence-corrected chi connectivity index (χ2v) is 5.95. The Morgan fingerprint density at radius 2 is 1.58 bits per heavy atom. The van der Waals surface area contributed by atoms with E-state index in [4.69, 9.17) is 5.21 Å². The van der Waals surface area contributed by atoms with Gasteiger partial charge in [0.2, 0.25) is 0 Å². The molecule has 162 valence electrons. The number of hydrogen-bond donors (Lipinski definition) is 2. The molecule has 0 radical (unpaired) electrons. The van der Waals surface area contributed by atoms with Crippen molar-refractivity contribution in [1.82, 2.24) is 30.2 Å². The molecular formula is C17H10F6N6O2. The van der Waals surface area contributed by atoms with Gasteiger partial charge in [0, 0.05) is 29.7 Å². The zero-order chi connectivity index (χ0) is 22.8. The van der Waals surface area contributed by atoms with E-state index >= 15 is 0 Å². The molecule has 0 aliphatic heterocycles. The molecule has 0 aliphatic carbocycles. The molecule has 3 aromatic rings. The predicted molar refractivity (Wildman–Crippen MR) is 91.6 cm³/mol. The van der Waals surface area contributed by atoms with Gasteiger partial charge in [0.25, 0.3) is 5.91 Å². The Morgan fingerprint density at radius 3 is 2.10 bits per heavy atom. The normalized spacial score (nSPS) is 12.7. The third-order valence-corrected chi connectivity index (χ3v) is 3.83. The topological polar surface area (TPSA) is 106 Å². The standard InChI is InChI=1S/C17H10F6N6O2/c18-16(19,20)11-1-9(2-12(3-11)17(21,22)23)14-26-8-29(27-14)6-13(15(30)28-31)10-4-24-7-25-5-10/h1-8,31H,(H,28,30)/b13-6+. The van der Waals surface area contributed by atoms with Crippen LogP contribution in [0.25, 0.3) is 23.2 Å². The third-order valence-electron chi connectivity index (χ3n) is 3.83. The predicted octanol–water partition coefficient (Wildman–Crippen LogP) is 3.28. The van der Waals surface area contributed by atoms with Crippen LogP contribution in [-0.4, -0.2) is 35.8 Å². The summed E-state index contributed by atoms with van der Waals surface area (Å²) in [6.07, 6.45) is -4.44. The van der Waals surface area contributed by atoms with Crippen LogP contribution < -0.4 is 5.48 Å². The van der Waals surface area contributed by atoms with Gasteiger partial charge in [-0.15, -0.1) is 5.10 Å². The van der Waals surface area contributed by atoms with Gasteiger partial charge in [0.1, 0.15) is 12.7 Å². The first-order valence-electron chi connectivity index (χ1n) is 8.11. The van der Waals surface area contributed by atoms with E-state index < -0.39 is 40.8 Å². The highest BCUT2D eigenvalue weighted by atomic mass is 19.4. The quantitative estimate of drug-likeness (QED) is 0.277. The number of alkyl halides is 6. The maximum Gasteiger partial charge on any atom is 0.416 e. The number of carbonyl (C=O) groups excluding carboxylic acids is 1. The maximum atomic E-state index is 13.0. The molecule has 1 aromatic carbocycles. The number of hydroxylamine groups is 1. The molecule has 2 aromatic heterocycles. The summed E-state index contributed by atoms with van der Waals surface area (Å²) in [5, 5.41) is 12.7. The minimum absolute atomic E-state index is 0.0144. The second-order valence-electron chi connectivity index (χ2n) is 5.95. The number of amides is 1. The molecule has 0 bridgehead atoms. The van der Waals surface area contributed by atoms with E-state index in [1.54, 1.807) is 0 Å². The highest BCUT2D eigenvalue weighted by Crippen LogP contribution is 2.38. The van der Waals surface area contributed by atoms with Gasteiger partial charge in [-0.2, -0.15) is 26.3 Å². The number of hydrogen-bond acceptors (Lipinski definition) is 6. The summed E-state index contributed by atoms with van der Waals surface area (Å²) in [7, 11) is 0. The minimum Gasteiger partial charge on any atom is -0.288 e. The van der Waals surface area contributed by atoms with Gasteiger partial charge in [-0.1, -0.05) is 0 Å². The number of aromatic nitrogens is 5. The van der Waals surface area contributed by atoms with Gasteiger partial charge in [-0.25, -0.2) is 25.1 Å². The molecule has 0 fully saturated rings. The average Bonchev–Trinajstić information content (AvgIpc) is 3.19. The van der Waals surface area contributed by atoms with Crippen molar-refractivity contribution in [3.8, 4) is 11.4 Å². The monoisotopic (exact) mass is 444 g/mol. The van der Waals surface area contributed by atoms with Crippen LogP contribution in [0.1, 0.15) is 16.7 Å². The van der Waals surface area contributed by atoms with Crippen molar-refractivity contribution in [3.05, 3.63) is 59.9 Å². The smallest absolute Gasteiger partial charge is 0.288 e. The SMILES string of the molecule is O=C(NO)/C(=C/n1cnc(-c2cc(C(F)(F)F)cc(C(F)(F)F)c2)n1)c1cncnc1. The van der Waals surface area contributed by atoms with Crippen molar-refractivity contribution in [2.75, 3.05) is 0 Å². The average molecular weight is 444 g/mol. The Kier molecular flexibility index (Phi) is 5.75. The van der Waals surface area contributed by atoms with Gasteiger partial charge < -0.3 is 0 Å². The number of benzene rings is 1. The lowest BCUT2D eigenvalue weighted by atomic mass is 10.0. The largest absolute Gasteiger partial charge is 0.416 e. The minimum atomic E-state index is -5.03. The van der Waals surface area contributed by atoms with E-state index in [0.717, 1.165) is 17.2 Å². The summed E-state index contributed by atoms with van der Waals surface area (Å²) < 4.78 is 79.1. The molecule has 31 heavy (non-hydrogen) atoms. The van der Waals surface area contributed by atoms with E-state index in [-0.39, 0.29) is 17.2 Å². The summed E-state index contributed by atoms with van der Waals surface area (Å²) >= 11 is 0. The molecule has 1 amide bonds.